The molecule has 0 aromatic carbocycles. The van der Waals surface area contributed by atoms with Crippen LogP contribution in [0.4, 0.5) is 0 Å². The third-order valence-corrected chi connectivity index (χ3v) is 2.76. The number of carbonyl (C=O) groups excluding carboxylic acids is 1. The Bertz CT molecular complexity index is 312. The third-order valence-electron chi connectivity index (χ3n) is 2.76. The third kappa shape index (κ3) is 2.99. The first-order chi connectivity index (χ1) is 7.65. The van der Waals surface area contributed by atoms with E-state index < -0.39 is 5.54 Å². The number of carbonyl (C=O) groups is 1. The average Bonchev–Trinajstić information content (AvgIpc) is 2.79. The molecule has 0 atom stereocenters. The van der Waals surface area contributed by atoms with Gasteiger partial charge in [0.25, 0.3) is 0 Å². The Morgan fingerprint density at radius 3 is 2.62 bits per heavy atom. The average molecular weight is 227 g/mol. The van der Waals surface area contributed by atoms with Crippen LogP contribution in [0.2, 0.25) is 0 Å². The first-order valence-electron chi connectivity index (χ1n) is 5.28. The van der Waals surface area contributed by atoms with E-state index in [1.54, 1.807) is 0 Å². The maximum atomic E-state index is 11.7. The van der Waals surface area contributed by atoms with E-state index in [9.17, 15) is 9.90 Å². The van der Waals surface area contributed by atoms with E-state index in [1.165, 1.54) is 11.0 Å². The number of hydrogen-bond donors (Lipinski definition) is 2. The van der Waals surface area contributed by atoms with Crippen molar-refractivity contribution in [3.8, 4) is 0 Å². The summed E-state index contributed by atoms with van der Waals surface area (Å²) < 4.78 is 1.34. The molecule has 0 spiro atoms. The molecule has 0 aliphatic rings. The van der Waals surface area contributed by atoms with Crippen molar-refractivity contribution < 1.29 is 9.90 Å². The van der Waals surface area contributed by atoms with Gasteiger partial charge >= 0.3 is 0 Å². The molecular formula is C9H17N5O2. The standard InChI is InChI=1S/C9H17N5O2/c1-3-9(4-2,6-15)11-8(16)5-14-7-10-12-13-14/h7,15H,3-6H2,1-2H3,(H,11,16). The first-order valence-corrected chi connectivity index (χ1v) is 5.28. The number of aliphatic hydroxyl groups excluding tert-OH is 1. The molecule has 1 rings (SSSR count). The van der Waals surface area contributed by atoms with Crippen LogP contribution >= 0.6 is 0 Å². The number of tetrazole rings is 1. The van der Waals surface area contributed by atoms with Gasteiger partial charge in [0.1, 0.15) is 12.9 Å². The van der Waals surface area contributed by atoms with Crippen LogP contribution in [0.1, 0.15) is 26.7 Å². The summed E-state index contributed by atoms with van der Waals surface area (Å²) in [4.78, 5) is 11.7. The molecule has 1 aromatic rings. The molecule has 0 radical (unpaired) electrons. The second-order valence-electron chi connectivity index (χ2n) is 3.70. The highest BCUT2D eigenvalue weighted by molar-refractivity contribution is 5.76. The summed E-state index contributed by atoms with van der Waals surface area (Å²) >= 11 is 0. The lowest BCUT2D eigenvalue weighted by molar-refractivity contribution is -0.124. The van der Waals surface area contributed by atoms with Crippen LogP contribution in [-0.4, -0.2) is 43.4 Å². The van der Waals surface area contributed by atoms with Crippen LogP contribution < -0.4 is 5.32 Å². The Morgan fingerprint density at radius 1 is 1.50 bits per heavy atom. The molecule has 0 unspecified atom stereocenters. The van der Waals surface area contributed by atoms with Crippen molar-refractivity contribution in [3.05, 3.63) is 6.33 Å². The summed E-state index contributed by atoms with van der Waals surface area (Å²) in [6.45, 7) is 3.85. The highest BCUT2D eigenvalue weighted by atomic mass is 16.3. The number of aromatic nitrogens is 4. The molecule has 1 amide bonds. The van der Waals surface area contributed by atoms with Crippen molar-refractivity contribution in [2.24, 2.45) is 0 Å². The minimum absolute atomic E-state index is 0.0642. The second-order valence-corrected chi connectivity index (χ2v) is 3.70. The van der Waals surface area contributed by atoms with Gasteiger partial charge < -0.3 is 10.4 Å². The molecular weight excluding hydrogens is 210 g/mol. The summed E-state index contributed by atoms with van der Waals surface area (Å²) in [5, 5.41) is 22.6. The Kier molecular flexibility index (Phi) is 4.36. The molecule has 0 bridgehead atoms. The lowest BCUT2D eigenvalue weighted by atomic mass is 9.94. The summed E-state index contributed by atoms with van der Waals surface area (Å²) in [5.41, 5.74) is -0.537. The Hall–Kier alpha value is -1.50. The second kappa shape index (κ2) is 5.55. The zero-order valence-electron chi connectivity index (χ0n) is 9.55. The van der Waals surface area contributed by atoms with E-state index in [-0.39, 0.29) is 19.1 Å². The molecule has 0 aliphatic carbocycles. The van der Waals surface area contributed by atoms with Crippen molar-refractivity contribution >= 4 is 5.91 Å². The minimum Gasteiger partial charge on any atom is -0.394 e. The van der Waals surface area contributed by atoms with Gasteiger partial charge in [-0.1, -0.05) is 13.8 Å². The summed E-state index contributed by atoms with van der Waals surface area (Å²) in [6, 6.07) is 0. The first kappa shape index (κ1) is 12.6. The van der Waals surface area contributed by atoms with Crippen molar-refractivity contribution in [2.45, 2.75) is 38.8 Å². The topological polar surface area (TPSA) is 92.9 Å². The predicted molar refractivity (Wildman–Crippen MR) is 56.4 cm³/mol. The maximum absolute atomic E-state index is 11.7. The fraction of sp³-hybridized carbons (Fsp3) is 0.778. The van der Waals surface area contributed by atoms with Gasteiger partial charge in [0, 0.05) is 0 Å². The van der Waals surface area contributed by atoms with Crippen LogP contribution in [-0.2, 0) is 11.3 Å². The Balaban J connectivity index is 2.55. The van der Waals surface area contributed by atoms with Crippen LogP contribution in [0.25, 0.3) is 0 Å². The molecule has 2 N–H and O–H groups in total. The molecule has 7 heteroatoms. The van der Waals surface area contributed by atoms with Gasteiger partial charge in [-0.15, -0.1) is 5.10 Å². The minimum atomic E-state index is -0.537. The number of rotatable bonds is 6. The van der Waals surface area contributed by atoms with E-state index in [2.05, 4.69) is 20.8 Å². The van der Waals surface area contributed by atoms with Crippen molar-refractivity contribution in [1.82, 2.24) is 25.5 Å². The number of nitrogens with one attached hydrogen (secondary N) is 1. The summed E-state index contributed by atoms with van der Waals surface area (Å²) in [6.07, 6.45) is 2.74. The summed E-state index contributed by atoms with van der Waals surface area (Å²) in [7, 11) is 0. The number of nitrogens with zero attached hydrogens (tertiary/aromatic N) is 4. The monoisotopic (exact) mass is 227 g/mol. The van der Waals surface area contributed by atoms with Crippen LogP contribution in [0.3, 0.4) is 0 Å². The zero-order chi connectivity index (χ0) is 12.0. The highest BCUT2D eigenvalue weighted by Gasteiger charge is 2.27. The van der Waals surface area contributed by atoms with Crippen LogP contribution in [0.15, 0.2) is 6.33 Å². The number of amides is 1. The van der Waals surface area contributed by atoms with E-state index in [0.717, 1.165) is 0 Å². The lowest BCUT2D eigenvalue weighted by Crippen LogP contribution is -2.51. The van der Waals surface area contributed by atoms with E-state index in [4.69, 9.17) is 0 Å². The molecule has 7 nitrogen and oxygen atoms in total. The Labute approximate surface area is 93.8 Å². The molecule has 1 heterocycles. The van der Waals surface area contributed by atoms with Crippen LogP contribution in [0.5, 0.6) is 0 Å². The molecule has 0 aliphatic heterocycles. The molecule has 0 fully saturated rings. The van der Waals surface area contributed by atoms with Gasteiger partial charge in [-0.25, -0.2) is 4.68 Å². The zero-order valence-corrected chi connectivity index (χ0v) is 9.55. The molecule has 16 heavy (non-hydrogen) atoms. The molecule has 0 saturated carbocycles. The highest BCUT2D eigenvalue weighted by Crippen LogP contribution is 2.13. The predicted octanol–water partition coefficient (Wildman–Crippen LogP) is -0.660. The van der Waals surface area contributed by atoms with E-state index >= 15 is 0 Å². The summed E-state index contributed by atoms with van der Waals surface area (Å²) in [5.74, 6) is -0.204. The largest absolute Gasteiger partial charge is 0.394 e. The Morgan fingerprint density at radius 2 is 2.19 bits per heavy atom. The molecule has 0 saturated heterocycles. The fourth-order valence-electron chi connectivity index (χ4n) is 1.43. The SMILES string of the molecule is CCC(CC)(CO)NC(=O)Cn1cnnn1. The van der Waals surface area contributed by atoms with Crippen molar-refractivity contribution in [3.63, 3.8) is 0 Å². The normalized spacial score (nSPS) is 11.4. The van der Waals surface area contributed by atoms with Gasteiger partial charge in [0.15, 0.2) is 0 Å². The maximum Gasteiger partial charge on any atom is 0.242 e. The quantitative estimate of drug-likeness (QED) is 0.673. The number of hydrogen-bond acceptors (Lipinski definition) is 5. The van der Waals surface area contributed by atoms with Gasteiger partial charge in [0.2, 0.25) is 5.91 Å². The van der Waals surface area contributed by atoms with Crippen molar-refractivity contribution in [1.29, 1.82) is 0 Å². The van der Waals surface area contributed by atoms with Crippen molar-refractivity contribution in [2.75, 3.05) is 6.61 Å². The van der Waals surface area contributed by atoms with Crippen LogP contribution in [0, 0.1) is 0 Å². The fourth-order valence-corrected chi connectivity index (χ4v) is 1.43. The van der Waals surface area contributed by atoms with E-state index in [0.29, 0.717) is 12.8 Å². The van der Waals surface area contributed by atoms with Gasteiger partial charge in [-0.05, 0) is 23.3 Å². The lowest BCUT2D eigenvalue weighted by Gasteiger charge is -2.30. The van der Waals surface area contributed by atoms with E-state index in [1.807, 2.05) is 13.8 Å². The molecule has 1 aromatic heterocycles. The van der Waals surface area contributed by atoms with Gasteiger partial charge in [0.05, 0.1) is 12.1 Å². The van der Waals surface area contributed by atoms with Gasteiger partial charge in [-0.3, -0.25) is 4.79 Å². The smallest absolute Gasteiger partial charge is 0.242 e. The van der Waals surface area contributed by atoms with Gasteiger partial charge in [-0.2, -0.15) is 0 Å². The number of aliphatic hydroxyl groups is 1. The molecule has 90 valence electrons.